The molecule has 0 aromatic carbocycles. The van der Waals surface area contributed by atoms with Crippen LogP contribution in [0.5, 0.6) is 0 Å². The average molecular weight is 489 g/mol. The molecule has 5 rings (SSSR count). The van der Waals surface area contributed by atoms with Gasteiger partial charge in [0, 0.05) is 0 Å². The van der Waals surface area contributed by atoms with Gasteiger partial charge in [-0.15, -0.1) is 0 Å². The highest BCUT2D eigenvalue weighted by atomic mass is 16.4. The lowest BCUT2D eigenvalue weighted by molar-refractivity contribution is -0.199. The van der Waals surface area contributed by atoms with Gasteiger partial charge in [0.2, 0.25) is 0 Å². The third-order valence-corrected chi connectivity index (χ3v) is 13.0. The van der Waals surface area contributed by atoms with Crippen LogP contribution in [0.15, 0.2) is 11.6 Å². The molecule has 5 nitrogen and oxygen atoms in total. The summed E-state index contributed by atoms with van der Waals surface area (Å²) in [6, 6.07) is 0. The van der Waals surface area contributed by atoms with Crippen molar-refractivity contribution in [1.82, 2.24) is 0 Å². The van der Waals surface area contributed by atoms with Gasteiger partial charge in [-0.05, 0) is 110 Å². The van der Waals surface area contributed by atoms with E-state index in [2.05, 4.69) is 40.7 Å². The maximum atomic E-state index is 12.5. The average Bonchev–Trinajstić information content (AvgIpc) is 2.92. The molecule has 5 aliphatic carbocycles. The highest BCUT2D eigenvalue weighted by molar-refractivity contribution is 5.76. The third-order valence-electron chi connectivity index (χ3n) is 13.0. The molecule has 5 aliphatic rings. The molecule has 4 saturated carbocycles. The number of rotatable bonds is 1. The van der Waals surface area contributed by atoms with Crippen molar-refractivity contribution < 1.29 is 25.2 Å². The zero-order valence-corrected chi connectivity index (χ0v) is 22.7. The Morgan fingerprint density at radius 2 is 1.54 bits per heavy atom. The minimum atomic E-state index is -1.09. The molecule has 5 heteroatoms. The number of aliphatic carboxylic acids is 1. The topological polar surface area (TPSA) is 98.0 Å². The Morgan fingerprint density at radius 3 is 2.20 bits per heavy atom. The van der Waals surface area contributed by atoms with Crippen LogP contribution in [-0.2, 0) is 4.79 Å². The van der Waals surface area contributed by atoms with Crippen molar-refractivity contribution in [3.05, 3.63) is 11.6 Å². The van der Waals surface area contributed by atoms with Crippen LogP contribution in [0, 0.1) is 50.7 Å². The Hall–Kier alpha value is -0.910. The van der Waals surface area contributed by atoms with Gasteiger partial charge in [0.1, 0.15) is 0 Å². The third kappa shape index (κ3) is 3.26. The molecule has 0 unspecified atom stereocenters. The molecule has 0 aliphatic heterocycles. The fraction of sp³-hybridized carbons (Fsp3) is 0.900. The molecule has 4 fully saturated rings. The molecule has 35 heavy (non-hydrogen) atoms. The maximum Gasteiger partial charge on any atom is 0.312 e. The molecular weight excluding hydrogens is 440 g/mol. The van der Waals surface area contributed by atoms with Gasteiger partial charge >= 0.3 is 5.97 Å². The number of carboxylic acid groups (broad SMARTS) is 1. The summed E-state index contributed by atoms with van der Waals surface area (Å²) < 4.78 is 0. The highest BCUT2D eigenvalue weighted by Crippen LogP contribution is 2.70. The van der Waals surface area contributed by atoms with Crippen molar-refractivity contribution in [2.45, 2.75) is 118 Å². The van der Waals surface area contributed by atoms with E-state index in [0.29, 0.717) is 30.6 Å². The number of aliphatic hydroxyl groups is 3. The van der Waals surface area contributed by atoms with Crippen LogP contribution in [-0.4, -0.2) is 44.7 Å². The van der Waals surface area contributed by atoms with E-state index in [1.165, 1.54) is 0 Å². The van der Waals surface area contributed by atoms with Crippen LogP contribution in [0.4, 0.5) is 0 Å². The lowest BCUT2D eigenvalue weighted by Gasteiger charge is -2.63. The summed E-state index contributed by atoms with van der Waals surface area (Å²) in [5.74, 6) is 0.283. The molecule has 0 radical (unpaired) electrons. The number of hydrogen-bond donors (Lipinski definition) is 4. The quantitative estimate of drug-likeness (QED) is 0.382. The van der Waals surface area contributed by atoms with Gasteiger partial charge in [0.05, 0.1) is 23.7 Å². The fourth-order valence-corrected chi connectivity index (χ4v) is 11.1. The van der Waals surface area contributed by atoms with Crippen LogP contribution in [0.1, 0.15) is 99.3 Å². The first-order valence-electron chi connectivity index (χ1n) is 14.1. The molecule has 0 bridgehead atoms. The molecule has 0 amide bonds. The van der Waals surface area contributed by atoms with Gasteiger partial charge in [-0.1, -0.05) is 46.3 Å². The van der Waals surface area contributed by atoms with E-state index >= 15 is 0 Å². The zero-order valence-electron chi connectivity index (χ0n) is 22.7. The first-order valence-corrected chi connectivity index (χ1v) is 14.1. The van der Waals surface area contributed by atoms with Crippen LogP contribution in [0.2, 0.25) is 0 Å². The smallest absolute Gasteiger partial charge is 0.312 e. The fourth-order valence-electron chi connectivity index (χ4n) is 11.1. The second-order valence-electron chi connectivity index (χ2n) is 14.9. The minimum Gasteiger partial charge on any atom is -0.481 e. The summed E-state index contributed by atoms with van der Waals surface area (Å²) in [4.78, 5) is 12.5. The van der Waals surface area contributed by atoms with Crippen molar-refractivity contribution in [3.63, 3.8) is 0 Å². The monoisotopic (exact) mass is 488 g/mol. The molecule has 0 aromatic heterocycles. The van der Waals surface area contributed by atoms with Gasteiger partial charge in [0.25, 0.3) is 0 Å². The van der Waals surface area contributed by atoms with Gasteiger partial charge in [-0.3, -0.25) is 4.79 Å². The van der Waals surface area contributed by atoms with E-state index < -0.39 is 29.7 Å². The summed E-state index contributed by atoms with van der Waals surface area (Å²) in [5, 5.41) is 42.9. The first kappa shape index (κ1) is 25.7. The molecule has 198 valence electrons. The summed E-state index contributed by atoms with van der Waals surface area (Å²) in [5.41, 5.74) is 0.101. The number of aliphatic hydroxyl groups excluding tert-OH is 3. The number of carboxylic acids is 1. The molecule has 0 spiro atoms. The Morgan fingerprint density at radius 1 is 0.857 bits per heavy atom. The van der Waals surface area contributed by atoms with E-state index in [1.807, 2.05) is 0 Å². The van der Waals surface area contributed by atoms with Crippen LogP contribution in [0.3, 0.4) is 0 Å². The van der Waals surface area contributed by atoms with E-state index in [9.17, 15) is 25.2 Å². The predicted octanol–water partition coefficient (Wildman–Crippen LogP) is 5.18. The van der Waals surface area contributed by atoms with Crippen LogP contribution >= 0.6 is 0 Å². The lowest BCUT2D eigenvalue weighted by atomic mass is 9.41. The Labute approximate surface area is 211 Å². The number of allylic oxidation sites excluding steroid dienone is 2. The first-order chi connectivity index (χ1) is 16.1. The molecule has 0 aromatic rings. The molecule has 0 heterocycles. The Bertz CT molecular complexity index is 926. The van der Waals surface area contributed by atoms with Crippen molar-refractivity contribution in [2.24, 2.45) is 50.7 Å². The van der Waals surface area contributed by atoms with Crippen molar-refractivity contribution in [3.8, 4) is 0 Å². The summed E-state index contributed by atoms with van der Waals surface area (Å²) >= 11 is 0. The van der Waals surface area contributed by atoms with Gasteiger partial charge in [-0.25, -0.2) is 0 Å². The summed E-state index contributed by atoms with van der Waals surface area (Å²) in [6.07, 6.45) is 8.43. The zero-order chi connectivity index (χ0) is 25.8. The maximum absolute atomic E-state index is 12.5. The summed E-state index contributed by atoms with van der Waals surface area (Å²) in [7, 11) is 0. The predicted molar refractivity (Wildman–Crippen MR) is 135 cm³/mol. The standard InChI is InChI=1S/C30H48O5/c1-26(2)20-9-7-17-15-27(3)13-11-22-28(4,14-12-23(32)30(22,6)25(34)35)21(27)10-8-18(17)29(20,5)16-19(31)24(26)33/h7,18-24,31-33H,8-16H2,1-6H3,(H,34,35)/t18-,19+,20-,21-,22+,23-,24+,27-,28+,29+,30+/m0/s1. The number of carbonyl (C=O) groups is 1. The molecular formula is C30H48O5. The van der Waals surface area contributed by atoms with Gasteiger partial charge < -0.3 is 20.4 Å². The highest BCUT2D eigenvalue weighted by Gasteiger charge is 2.66. The number of hydrogen-bond acceptors (Lipinski definition) is 4. The lowest BCUT2D eigenvalue weighted by Crippen LogP contribution is -2.61. The molecule has 0 saturated heterocycles. The SMILES string of the molecule is CC1(C)[C@H](O)[C@H](O)C[C@]2(C)[C@H]3CC[C@H]4[C@@](C)(CC[C@@H]5[C@]4(C)CC[C@H](O)[C@]5(C)C(=O)O)CC3=CC[C@@H]12. The van der Waals surface area contributed by atoms with E-state index in [-0.39, 0.29) is 27.6 Å². The van der Waals surface area contributed by atoms with Crippen molar-refractivity contribution in [2.75, 3.05) is 0 Å². The normalized spacial score (nSPS) is 55.3. The largest absolute Gasteiger partial charge is 0.481 e. The van der Waals surface area contributed by atoms with E-state index in [1.54, 1.807) is 12.5 Å². The van der Waals surface area contributed by atoms with Gasteiger partial charge in [-0.2, -0.15) is 0 Å². The van der Waals surface area contributed by atoms with E-state index in [4.69, 9.17) is 0 Å². The van der Waals surface area contributed by atoms with Gasteiger partial charge in [0.15, 0.2) is 0 Å². The summed E-state index contributed by atoms with van der Waals surface area (Å²) in [6.45, 7) is 13.2. The second kappa shape index (κ2) is 7.80. The second-order valence-corrected chi connectivity index (χ2v) is 14.9. The Balaban J connectivity index is 1.52. The Kier molecular flexibility index (Phi) is 5.73. The van der Waals surface area contributed by atoms with E-state index in [0.717, 1.165) is 44.9 Å². The van der Waals surface area contributed by atoms with Crippen molar-refractivity contribution in [1.29, 1.82) is 0 Å². The van der Waals surface area contributed by atoms with Crippen LogP contribution in [0.25, 0.3) is 0 Å². The van der Waals surface area contributed by atoms with Crippen molar-refractivity contribution >= 4 is 5.97 Å². The molecule has 4 N–H and O–H groups in total. The van der Waals surface area contributed by atoms with Crippen LogP contribution < -0.4 is 0 Å². The number of fused-ring (bicyclic) bond motifs is 6. The molecule has 11 atom stereocenters. The minimum absolute atomic E-state index is 0.0163.